The monoisotopic (exact) mass is 497 g/mol. The van der Waals surface area contributed by atoms with Gasteiger partial charge in [-0.1, -0.05) is 23.7 Å². The number of ether oxygens (including phenoxy) is 1. The maximum atomic E-state index is 13.0. The van der Waals surface area contributed by atoms with E-state index in [4.69, 9.17) is 16.3 Å². The molecule has 0 bridgehead atoms. The Bertz CT molecular complexity index is 1180. The van der Waals surface area contributed by atoms with Crippen molar-refractivity contribution >= 4 is 45.7 Å². The van der Waals surface area contributed by atoms with Crippen LogP contribution in [0.15, 0.2) is 48.8 Å². The summed E-state index contributed by atoms with van der Waals surface area (Å²) in [7, 11) is 0. The fraction of sp³-hybridized carbons (Fsp3) is 0.280. The van der Waals surface area contributed by atoms with Crippen LogP contribution in [0.3, 0.4) is 0 Å². The van der Waals surface area contributed by atoms with Gasteiger partial charge >= 0.3 is 5.97 Å². The summed E-state index contributed by atoms with van der Waals surface area (Å²) in [6, 6.07) is 10.7. The van der Waals surface area contributed by atoms with Crippen LogP contribution in [-0.2, 0) is 28.8 Å². The van der Waals surface area contributed by atoms with E-state index >= 15 is 0 Å². The molecule has 9 heteroatoms. The fourth-order valence-corrected chi connectivity index (χ4v) is 5.19. The minimum Gasteiger partial charge on any atom is -0.452 e. The van der Waals surface area contributed by atoms with Crippen molar-refractivity contribution in [1.82, 2.24) is 10.3 Å². The molecule has 7 nitrogen and oxygen atoms in total. The number of thiophene rings is 1. The Balaban J connectivity index is 1.37. The van der Waals surface area contributed by atoms with E-state index in [9.17, 15) is 14.4 Å². The molecule has 3 aromatic rings. The molecule has 0 spiro atoms. The maximum Gasteiger partial charge on any atom is 0.341 e. The molecule has 0 saturated carbocycles. The number of carbonyl (C=O) groups is 3. The average Bonchev–Trinajstić information content (AvgIpc) is 3.22. The first kappa shape index (κ1) is 23.9. The van der Waals surface area contributed by atoms with Gasteiger partial charge in [-0.25, -0.2) is 4.79 Å². The number of benzene rings is 1. The zero-order valence-corrected chi connectivity index (χ0v) is 20.0. The molecule has 0 aliphatic heterocycles. The maximum absolute atomic E-state index is 13.0. The predicted molar refractivity (Wildman–Crippen MR) is 132 cm³/mol. The molecular weight excluding hydrogens is 474 g/mol. The van der Waals surface area contributed by atoms with Gasteiger partial charge in [-0.05, 0) is 67.5 Å². The molecule has 4 rings (SSSR count). The number of carbonyl (C=O) groups excluding carboxylic acids is 3. The molecule has 0 unspecified atom stereocenters. The topological polar surface area (TPSA) is 97.4 Å². The second-order valence-electron chi connectivity index (χ2n) is 7.91. The van der Waals surface area contributed by atoms with Crippen LogP contribution < -0.4 is 10.6 Å². The zero-order valence-electron chi connectivity index (χ0n) is 18.4. The summed E-state index contributed by atoms with van der Waals surface area (Å²) in [4.78, 5) is 42.9. The summed E-state index contributed by atoms with van der Waals surface area (Å²) >= 11 is 7.28. The van der Waals surface area contributed by atoms with E-state index in [1.807, 2.05) is 12.1 Å². The molecule has 34 heavy (non-hydrogen) atoms. The molecule has 1 aromatic carbocycles. The van der Waals surface area contributed by atoms with Crippen LogP contribution in [0.5, 0.6) is 0 Å². The number of hydrogen-bond acceptors (Lipinski definition) is 6. The Morgan fingerprint density at radius 3 is 2.65 bits per heavy atom. The van der Waals surface area contributed by atoms with Gasteiger partial charge in [-0.15, -0.1) is 11.3 Å². The Kier molecular flexibility index (Phi) is 7.92. The van der Waals surface area contributed by atoms with Gasteiger partial charge in [0.05, 0.1) is 11.1 Å². The van der Waals surface area contributed by atoms with Crippen molar-refractivity contribution in [2.24, 2.45) is 0 Å². The highest BCUT2D eigenvalue weighted by Crippen LogP contribution is 2.38. The number of nitrogens with zero attached hydrogens (tertiary/aromatic N) is 1. The van der Waals surface area contributed by atoms with Crippen LogP contribution in [0, 0.1) is 0 Å². The summed E-state index contributed by atoms with van der Waals surface area (Å²) in [5.74, 6) is -1.33. The van der Waals surface area contributed by atoms with Gasteiger partial charge in [0.15, 0.2) is 6.61 Å². The smallest absolute Gasteiger partial charge is 0.341 e. The normalized spacial score (nSPS) is 12.5. The Hall–Kier alpha value is -3.23. The zero-order chi connectivity index (χ0) is 23.9. The number of rotatable bonds is 8. The first-order valence-corrected chi connectivity index (χ1v) is 12.2. The highest BCUT2D eigenvalue weighted by Gasteiger charge is 2.28. The number of hydrogen-bond donors (Lipinski definition) is 2. The number of fused-ring (bicyclic) bond motifs is 1. The molecule has 0 saturated heterocycles. The number of esters is 1. The third-order valence-corrected chi connectivity index (χ3v) is 6.97. The summed E-state index contributed by atoms with van der Waals surface area (Å²) in [6.45, 7) is 0.0261. The van der Waals surface area contributed by atoms with Gasteiger partial charge in [0.25, 0.3) is 11.8 Å². The standard InChI is InChI=1S/C25H24ClN3O4S/c26-18-9-7-16(8-10-18)11-13-28-21(30)15-33-25(32)22-19-5-1-2-6-20(19)34-24(22)29-23(31)17-4-3-12-27-14-17/h3-4,7-10,12,14H,1-2,5-6,11,13,15H2,(H,28,30)(H,29,31). The number of aryl methyl sites for hydroxylation is 1. The first-order valence-electron chi connectivity index (χ1n) is 11.1. The largest absolute Gasteiger partial charge is 0.452 e. The van der Waals surface area contributed by atoms with Crippen molar-refractivity contribution in [3.63, 3.8) is 0 Å². The highest BCUT2D eigenvalue weighted by molar-refractivity contribution is 7.17. The van der Waals surface area contributed by atoms with Crippen molar-refractivity contribution < 1.29 is 19.1 Å². The quantitative estimate of drug-likeness (QED) is 0.448. The van der Waals surface area contributed by atoms with E-state index in [2.05, 4.69) is 15.6 Å². The van der Waals surface area contributed by atoms with Crippen LogP contribution in [0.4, 0.5) is 5.00 Å². The summed E-state index contributed by atoms with van der Waals surface area (Å²) in [5.41, 5.74) is 2.70. The van der Waals surface area contributed by atoms with Gasteiger partial charge in [0.1, 0.15) is 5.00 Å². The molecular formula is C25H24ClN3O4S. The van der Waals surface area contributed by atoms with E-state index in [0.29, 0.717) is 34.1 Å². The van der Waals surface area contributed by atoms with Crippen molar-refractivity contribution in [2.45, 2.75) is 32.1 Å². The first-order chi connectivity index (χ1) is 16.5. The number of nitrogens with one attached hydrogen (secondary N) is 2. The SMILES string of the molecule is O=C(COC(=O)c1c(NC(=O)c2cccnc2)sc2c1CCCC2)NCCc1ccc(Cl)cc1. The third-order valence-electron chi connectivity index (χ3n) is 5.51. The second kappa shape index (κ2) is 11.3. The van der Waals surface area contributed by atoms with Gasteiger partial charge in [0.2, 0.25) is 0 Å². The van der Waals surface area contributed by atoms with Crippen LogP contribution in [0.25, 0.3) is 0 Å². The highest BCUT2D eigenvalue weighted by atomic mass is 35.5. The summed E-state index contributed by atoms with van der Waals surface area (Å²) in [5, 5.41) is 6.70. The van der Waals surface area contributed by atoms with Crippen molar-refractivity contribution in [2.75, 3.05) is 18.5 Å². The second-order valence-corrected chi connectivity index (χ2v) is 9.46. The molecule has 1 aliphatic rings. The Morgan fingerprint density at radius 1 is 1.09 bits per heavy atom. The van der Waals surface area contributed by atoms with E-state index in [1.54, 1.807) is 30.5 Å². The summed E-state index contributed by atoms with van der Waals surface area (Å²) < 4.78 is 5.34. The van der Waals surface area contributed by atoms with Crippen molar-refractivity contribution in [1.29, 1.82) is 0 Å². The number of halogens is 1. The van der Waals surface area contributed by atoms with Crippen LogP contribution in [0.2, 0.25) is 5.02 Å². The fourth-order valence-electron chi connectivity index (χ4n) is 3.79. The number of amides is 2. The number of aromatic nitrogens is 1. The lowest BCUT2D eigenvalue weighted by Gasteiger charge is -2.13. The Morgan fingerprint density at radius 2 is 1.88 bits per heavy atom. The third kappa shape index (κ3) is 6.01. The molecule has 2 aromatic heterocycles. The number of anilines is 1. The average molecular weight is 498 g/mol. The molecule has 0 fully saturated rings. The molecule has 2 amide bonds. The van der Waals surface area contributed by atoms with Gasteiger partial charge in [0, 0.05) is 28.8 Å². The van der Waals surface area contributed by atoms with Gasteiger partial charge in [-0.2, -0.15) is 0 Å². The van der Waals surface area contributed by atoms with E-state index in [0.717, 1.165) is 41.7 Å². The van der Waals surface area contributed by atoms with Gasteiger partial charge in [-0.3, -0.25) is 14.6 Å². The van der Waals surface area contributed by atoms with Crippen molar-refractivity contribution in [3.05, 3.63) is 80.9 Å². The van der Waals surface area contributed by atoms with E-state index in [1.165, 1.54) is 17.5 Å². The summed E-state index contributed by atoms with van der Waals surface area (Å²) in [6.07, 6.45) is 7.29. The van der Waals surface area contributed by atoms with E-state index in [-0.39, 0.29) is 18.4 Å². The van der Waals surface area contributed by atoms with Crippen molar-refractivity contribution in [3.8, 4) is 0 Å². The molecule has 0 atom stereocenters. The minimum absolute atomic E-state index is 0.347. The molecule has 2 heterocycles. The van der Waals surface area contributed by atoms with Crippen LogP contribution in [-0.4, -0.2) is 35.9 Å². The Labute approximate surface area is 206 Å². The molecule has 2 N–H and O–H groups in total. The molecule has 1 aliphatic carbocycles. The number of pyridine rings is 1. The molecule has 0 radical (unpaired) electrons. The van der Waals surface area contributed by atoms with Crippen LogP contribution >= 0.6 is 22.9 Å². The van der Waals surface area contributed by atoms with E-state index < -0.39 is 5.97 Å². The lowest BCUT2D eigenvalue weighted by molar-refractivity contribution is -0.124. The minimum atomic E-state index is -0.603. The predicted octanol–water partition coefficient (Wildman–Crippen LogP) is 4.44. The lowest BCUT2D eigenvalue weighted by atomic mass is 9.95. The molecule has 176 valence electrons. The van der Waals surface area contributed by atoms with Crippen LogP contribution in [0.1, 0.15) is 49.6 Å². The van der Waals surface area contributed by atoms with Gasteiger partial charge < -0.3 is 15.4 Å². The lowest BCUT2D eigenvalue weighted by Crippen LogP contribution is -2.30.